The lowest BCUT2D eigenvalue weighted by Gasteiger charge is -2.40. The van der Waals surface area contributed by atoms with Gasteiger partial charge < -0.3 is 40.3 Å². The van der Waals surface area contributed by atoms with Crippen molar-refractivity contribution in [2.45, 2.75) is 346 Å². The smallest absolute Gasteiger partial charge is 0.220 e. The summed E-state index contributed by atoms with van der Waals surface area (Å²) in [5.74, 6) is -0.188. The van der Waals surface area contributed by atoms with E-state index < -0.39 is 49.5 Å². The first-order valence-corrected chi connectivity index (χ1v) is 31.9. The lowest BCUT2D eigenvalue weighted by atomic mass is 9.99. The van der Waals surface area contributed by atoms with E-state index in [4.69, 9.17) is 9.47 Å². The number of ether oxygens (including phenoxy) is 2. The number of hydrogen-bond donors (Lipinski definition) is 6. The fourth-order valence-electron chi connectivity index (χ4n) is 10.1. The Hall–Kier alpha value is -1.85. The molecule has 1 aliphatic heterocycles. The largest absolute Gasteiger partial charge is 0.394 e. The summed E-state index contributed by atoms with van der Waals surface area (Å²) >= 11 is 0. The predicted octanol–water partition coefficient (Wildman–Crippen LogP) is 16.5. The maximum absolute atomic E-state index is 13.1. The highest BCUT2D eigenvalue weighted by atomic mass is 16.7. The number of hydrogen-bond acceptors (Lipinski definition) is 8. The van der Waals surface area contributed by atoms with Crippen LogP contribution in [0.3, 0.4) is 0 Å². The summed E-state index contributed by atoms with van der Waals surface area (Å²) in [4.78, 5) is 13.1. The van der Waals surface area contributed by atoms with E-state index in [0.29, 0.717) is 6.42 Å². The maximum Gasteiger partial charge on any atom is 0.220 e. The van der Waals surface area contributed by atoms with Crippen LogP contribution in [0.25, 0.3) is 0 Å². The monoisotopic (exact) mass is 1040 g/mol. The van der Waals surface area contributed by atoms with Crippen LogP contribution in [0.1, 0.15) is 303 Å². The first-order valence-electron chi connectivity index (χ1n) is 31.9. The lowest BCUT2D eigenvalue weighted by molar-refractivity contribution is -0.302. The molecule has 9 heteroatoms. The van der Waals surface area contributed by atoms with E-state index >= 15 is 0 Å². The summed E-state index contributed by atoms with van der Waals surface area (Å²) in [5, 5.41) is 54.6. The van der Waals surface area contributed by atoms with Gasteiger partial charge >= 0.3 is 0 Å². The number of nitrogens with one attached hydrogen (secondary N) is 1. The van der Waals surface area contributed by atoms with Gasteiger partial charge in [-0.1, -0.05) is 274 Å². The number of rotatable bonds is 55. The fraction of sp³-hybridized carbons (Fsp3) is 0.862. The number of carbonyl (C=O) groups is 1. The summed E-state index contributed by atoms with van der Waals surface area (Å²) in [6.07, 6.45) is 66.3. The standard InChI is InChI=1S/C65H121NO8/c1-3-5-7-9-11-13-15-17-19-21-23-25-27-28-29-30-31-33-35-37-39-41-43-45-47-49-51-53-55-61(69)66-58(57-73-65-64(72)63(71)62(70)60(56-67)74-65)59(68)54-52-50-48-46-44-42-40-38-36-34-32-26-24-22-20-18-16-14-12-10-8-6-4-2/h28-29,36,38,44,46,52,54,58-60,62-65,67-68,70-72H,3-27,30-35,37,39-43,45,47-51,53,55-57H2,1-2H3,(H,66,69)/b29-28-,38-36+,46-44+,54-52+. The Morgan fingerprint density at radius 2 is 0.770 bits per heavy atom. The van der Waals surface area contributed by atoms with Gasteiger partial charge in [-0.2, -0.15) is 0 Å². The van der Waals surface area contributed by atoms with E-state index in [1.807, 2.05) is 6.08 Å². The van der Waals surface area contributed by atoms with Crippen LogP contribution in [-0.2, 0) is 14.3 Å². The van der Waals surface area contributed by atoms with Gasteiger partial charge in [-0.25, -0.2) is 0 Å². The lowest BCUT2D eigenvalue weighted by Crippen LogP contribution is -2.60. The van der Waals surface area contributed by atoms with Crippen molar-refractivity contribution in [3.63, 3.8) is 0 Å². The molecule has 0 aromatic rings. The van der Waals surface area contributed by atoms with Crippen LogP contribution in [-0.4, -0.2) is 87.5 Å². The molecular weight excluding hydrogens is 923 g/mol. The van der Waals surface area contributed by atoms with E-state index in [9.17, 15) is 30.3 Å². The molecule has 434 valence electrons. The molecule has 74 heavy (non-hydrogen) atoms. The number of carbonyl (C=O) groups excluding carboxylic acids is 1. The second-order valence-corrected chi connectivity index (χ2v) is 22.2. The molecule has 1 aliphatic rings. The summed E-state index contributed by atoms with van der Waals surface area (Å²) in [5.41, 5.74) is 0. The quantitative estimate of drug-likeness (QED) is 0.0261. The van der Waals surface area contributed by atoms with Crippen molar-refractivity contribution in [3.05, 3.63) is 48.6 Å². The average molecular weight is 1040 g/mol. The molecule has 0 aromatic carbocycles. The molecule has 1 fully saturated rings. The van der Waals surface area contributed by atoms with Gasteiger partial charge in [-0.3, -0.25) is 4.79 Å². The molecule has 0 saturated carbocycles. The normalized spacial score (nSPS) is 19.3. The zero-order valence-corrected chi connectivity index (χ0v) is 48.4. The molecule has 9 nitrogen and oxygen atoms in total. The minimum absolute atomic E-state index is 0.188. The van der Waals surface area contributed by atoms with E-state index in [2.05, 4.69) is 55.6 Å². The third kappa shape index (κ3) is 43.2. The molecule has 1 rings (SSSR count). The molecule has 7 unspecified atom stereocenters. The van der Waals surface area contributed by atoms with Crippen LogP contribution in [0.5, 0.6) is 0 Å². The Balaban J connectivity index is 2.21. The van der Waals surface area contributed by atoms with Crippen molar-refractivity contribution in [3.8, 4) is 0 Å². The highest BCUT2D eigenvalue weighted by Crippen LogP contribution is 2.23. The Labute approximate surface area is 456 Å². The van der Waals surface area contributed by atoms with Crippen LogP contribution in [0.15, 0.2) is 48.6 Å². The Bertz CT molecular complexity index is 1300. The molecule has 7 atom stereocenters. The van der Waals surface area contributed by atoms with E-state index in [0.717, 1.165) is 44.9 Å². The second-order valence-electron chi connectivity index (χ2n) is 22.2. The molecule has 0 radical (unpaired) electrons. The topological polar surface area (TPSA) is 149 Å². The molecule has 6 N–H and O–H groups in total. The van der Waals surface area contributed by atoms with Crippen molar-refractivity contribution < 1.29 is 39.8 Å². The van der Waals surface area contributed by atoms with E-state index in [1.54, 1.807) is 6.08 Å². The summed E-state index contributed by atoms with van der Waals surface area (Å²) in [7, 11) is 0. The average Bonchev–Trinajstić information content (AvgIpc) is 3.40. The first-order chi connectivity index (χ1) is 36.3. The highest BCUT2D eigenvalue weighted by Gasteiger charge is 2.44. The Morgan fingerprint density at radius 1 is 0.446 bits per heavy atom. The molecule has 1 heterocycles. The van der Waals surface area contributed by atoms with Gasteiger partial charge in [-0.15, -0.1) is 0 Å². The van der Waals surface area contributed by atoms with E-state index in [1.165, 1.54) is 238 Å². The van der Waals surface area contributed by atoms with Crippen LogP contribution >= 0.6 is 0 Å². The van der Waals surface area contributed by atoms with Gasteiger partial charge in [0.05, 0.1) is 25.4 Å². The molecule has 0 bridgehead atoms. The number of amides is 1. The second kappa shape index (κ2) is 54.5. The molecule has 1 amide bonds. The fourth-order valence-corrected chi connectivity index (χ4v) is 10.1. The minimum atomic E-state index is -1.58. The van der Waals surface area contributed by atoms with Gasteiger partial charge in [0, 0.05) is 6.42 Å². The SMILES string of the molecule is CCCCCCCCCCCCCC/C=C\CCCCCCCCCCCCCCC(=O)NC(COC1OC(CO)C(O)C(O)C1O)C(O)/C=C/CC/C=C/CC/C=C/CCCCCCCCCCCCCCC. The van der Waals surface area contributed by atoms with Gasteiger partial charge in [0.15, 0.2) is 6.29 Å². The van der Waals surface area contributed by atoms with Crippen molar-refractivity contribution >= 4 is 5.91 Å². The third-order valence-corrected chi connectivity index (χ3v) is 15.1. The van der Waals surface area contributed by atoms with Crippen LogP contribution < -0.4 is 5.32 Å². The van der Waals surface area contributed by atoms with Crippen molar-refractivity contribution in [1.82, 2.24) is 5.32 Å². The number of allylic oxidation sites excluding steroid dienone is 7. The van der Waals surface area contributed by atoms with Gasteiger partial charge in [-0.05, 0) is 70.6 Å². The zero-order chi connectivity index (χ0) is 53.6. The van der Waals surface area contributed by atoms with Crippen LogP contribution in [0.2, 0.25) is 0 Å². The van der Waals surface area contributed by atoms with Gasteiger partial charge in [0.2, 0.25) is 5.91 Å². The van der Waals surface area contributed by atoms with Crippen LogP contribution in [0.4, 0.5) is 0 Å². The van der Waals surface area contributed by atoms with Crippen molar-refractivity contribution in [2.24, 2.45) is 0 Å². The number of aliphatic hydroxyl groups is 5. The minimum Gasteiger partial charge on any atom is -0.394 e. The summed E-state index contributed by atoms with van der Waals surface area (Å²) < 4.78 is 11.3. The summed E-state index contributed by atoms with van der Waals surface area (Å²) in [6, 6.07) is -0.830. The molecular formula is C65H121NO8. The van der Waals surface area contributed by atoms with Crippen molar-refractivity contribution in [2.75, 3.05) is 13.2 Å². The van der Waals surface area contributed by atoms with Crippen LogP contribution in [0, 0.1) is 0 Å². The summed E-state index contributed by atoms with van der Waals surface area (Å²) in [6.45, 7) is 3.79. The van der Waals surface area contributed by atoms with E-state index in [-0.39, 0.29) is 12.5 Å². The van der Waals surface area contributed by atoms with Gasteiger partial charge in [0.25, 0.3) is 0 Å². The van der Waals surface area contributed by atoms with Crippen molar-refractivity contribution in [1.29, 1.82) is 0 Å². The Morgan fingerprint density at radius 3 is 1.14 bits per heavy atom. The number of aliphatic hydroxyl groups excluding tert-OH is 5. The molecule has 1 saturated heterocycles. The Kier molecular flexibility index (Phi) is 51.7. The third-order valence-electron chi connectivity index (χ3n) is 15.1. The molecule has 0 spiro atoms. The predicted molar refractivity (Wildman–Crippen MR) is 313 cm³/mol. The highest BCUT2D eigenvalue weighted by molar-refractivity contribution is 5.76. The maximum atomic E-state index is 13.1. The number of unbranched alkanes of at least 4 members (excludes halogenated alkanes) is 39. The van der Waals surface area contributed by atoms with Gasteiger partial charge in [0.1, 0.15) is 24.4 Å². The molecule has 0 aliphatic carbocycles. The first kappa shape index (κ1) is 70.2. The zero-order valence-electron chi connectivity index (χ0n) is 48.4. The molecule has 0 aromatic heterocycles.